The summed E-state index contributed by atoms with van der Waals surface area (Å²) in [6.45, 7) is 4.74. The average Bonchev–Trinajstić information content (AvgIpc) is 2.85. The molecule has 20 heavy (non-hydrogen) atoms. The predicted octanol–water partition coefficient (Wildman–Crippen LogP) is 3.07. The molecule has 2 N–H and O–H groups in total. The van der Waals surface area contributed by atoms with Crippen LogP contribution >= 0.6 is 0 Å². The fourth-order valence-electron chi connectivity index (χ4n) is 1.95. The normalized spacial score (nSPS) is 13.9. The molecule has 2 rings (SSSR count). The van der Waals surface area contributed by atoms with Gasteiger partial charge in [0.05, 0.1) is 6.61 Å². The van der Waals surface area contributed by atoms with Crippen molar-refractivity contribution in [2.24, 2.45) is 5.73 Å². The first kappa shape index (κ1) is 14.6. The van der Waals surface area contributed by atoms with Gasteiger partial charge in [0.2, 0.25) is 0 Å². The Bertz CT molecular complexity index is 507. The van der Waals surface area contributed by atoms with E-state index in [0.29, 0.717) is 13.2 Å². The van der Waals surface area contributed by atoms with Crippen molar-refractivity contribution in [1.82, 2.24) is 0 Å². The molecular formula is C16H21NO3. The van der Waals surface area contributed by atoms with Crippen LogP contribution in [0.4, 0.5) is 0 Å². The molecule has 0 fully saturated rings. The topological polar surface area (TPSA) is 57.6 Å². The van der Waals surface area contributed by atoms with Gasteiger partial charge in [-0.15, -0.1) is 0 Å². The molecule has 2 aromatic rings. The molecule has 2 unspecified atom stereocenters. The van der Waals surface area contributed by atoms with Gasteiger partial charge in [-0.25, -0.2) is 0 Å². The molecule has 0 spiro atoms. The van der Waals surface area contributed by atoms with E-state index in [4.69, 9.17) is 19.6 Å². The standard InChI is InChI=1S/C16H21NO3/c1-12-8-9-15(20-12)16(13(2)17)19-11-10-18-14-6-4-3-5-7-14/h3-9,13,16H,10-11,17H2,1-2H3. The molecule has 0 radical (unpaired) electrons. The van der Waals surface area contributed by atoms with Gasteiger partial charge >= 0.3 is 0 Å². The highest BCUT2D eigenvalue weighted by Gasteiger charge is 2.20. The van der Waals surface area contributed by atoms with E-state index in [1.807, 2.05) is 56.3 Å². The first-order valence-corrected chi connectivity index (χ1v) is 6.78. The highest BCUT2D eigenvalue weighted by Crippen LogP contribution is 2.22. The first-order chi connectivity index (χ1) is 9.66. The number of hydrogen-bond acceptors (Lipinski definition) is 4. The van der Waals surface area contributed by atoms with Crippen LogP contribution in [0.25, 0.3) is 0 Å². The lowest BCUT2D eigenvalue weighted by atomic mass is 10.1. The van der Waals surface area contributed by atoms with Crippen LogP contribution in [0.15, 0.2) is 46.9 Å². The molecule has 0 aliphatic heterocycles. The van der Waals surface area contributed by atoms with Crippen LogP contribution in [0.2, 0.25) is 0 Å². The number of aryl methyl sites for hydroxylation is 1. The molecule has 1 aromatic carbocycles. The number of ether oxygens (including phenoxy) is 2. The lowest BCUT2D eigenvalue weighted by Gasteiger charge is -2.19. The van der Waals surface area contributed by atoms with E-state index in [0.717, 1.165) is 17.3 Å². The van der Waals surface area contributed by atoms with E-state index >= 15 is 0 Å². The zero-order chi connectivity index (χ0) is 14.4. The van der Waals surface area contributed by atoms with Crippen molar-refractivity contribution in [2.45, 2.75) is 26.0 Å². The van der Waals surface area contributed by atoms with Crippen molar-refractivity contribution in [1.29, 1.82) is 0 Å². The molecule has 0 amide bonds. The lowest BCUT2D eigenvalue weighted by Crippen LogP contribution is -2.28. The summed E-state index contributed by atoms with van der Waals surface area (Å²) < 4.78 is 16.9. The van der Waals surface area contributed by atoms with E-state index < -0.39 is 0 Å². The molecule has 1 aromatic heterocycles. The minimum Gasteiger partial charge on any atom is -0.491 e. The molecular weight excluding hydrogens is 254 g/mol. The second kappa shape index (κ2) is 7.12. The van der Waals surface area contributed by atoms with Crippen molar-refractivity contribution in [3.63, 3.8) is 0 Å². The van der Waals surface area contributed by atoms with Gasteiger partial charge in [0.15, 0.2) is 0 Å². The summed E-state index contributed by atoms with van der Waals surface area (Å²) in [5, 5.41) is 0. The third kappa shape index (κ3) is 4.11. The molecule has 4 heteroatoms. The second-order valence-electron chi connectivity index (χ2n) is 4.76. The third-order valence-electron chi connectivity index (χ3n) is 2.91. The van der Waals surface area contributed by atoms with Crippen molar-refractivity contribution < 1.29 is 13.9 Å². The minimum absolute atomic E-state index is 0.141. The van der Waals surface area contributed by atoms with Crippen LogP contribution in [0.5, 0.6) is 5.75 Å². The van der Waals surface area contributed by atoms with Gasteiger partial charge in [-0.1, -0.05) is 18.2 Å². The molecule has 0 bridgehead atoms. The zero-order valence-electron chi connectivity index (χ0n) is 11.9. The van der Waals surface area contributed by atoms with Crippen molar-refractivity contribution in [3.05, 3.63) is 54.0 Å². The number of nitrogens with two attached hydrogens (primary N) is 1. The number of benzene rings is 1. The van der Waals surface area contributed by atoms with Crippen LogP contribution in [-0.2, 0) is 4.74 Å². The Kier molecular flexibility index (Phi) is 5.21. The van der Waals surface area contributed by atoms with Gasteiger partial charge in [-0.3, -0.25) is 0 Å². The Hall–Kier alpha value is -1.78. The molecule has 0 saturated carbocycles. The van der Waals surface area contributed by atoms with Gasteiger partial charge < -0.3 is 19.6 Å². The summed E-state index contributed by atoms with van der Waals surface area (Å²) in [6.07, 6.45) is -0.247. The van der Waals surface area contributed by atoms with Crippen LogP contribution in [0.1, 0.15) is 24.5 Å². The van der Waals surface area contributed by atoms with Crippen LogP contribution in [0, 0.1) is 6.92 Å². The zero-order valence-corrected chi connectivity index (χ0v) is 11.9. The average molecular weight is 275 g/mol. The largest absolute Gasteiger partial charge is 0.491 e. The monoisotopic (exact) mass is 275 g/mol. The van der Waals surface area contributed by atoms with Gasteiger partial charge in [-0.05, 0) is 38.1 Å². The fourth-order valence-corrected chi connectivity index (χ4v) is 1.95. The van der Waals surface area contributed by atoms with E-state index in [1.165, 1.54) is 0 Å². The summed E-state index contributed by atoms with van der Waals surface area (Å²) in [5.41, 5.74) is 5.95. The van der Waals surface area contributed by atoms with E-state index in [-0.39, 0.29) is 12.1 Å². The smallest absolute Gasteiger partial charge is 0.134 e. The highest BCUT2D eigenvalue weighted by molar-refractivity contribution is 5.20. The molecule has 1 heterocycles. The van der Waals surface area contributed by atoms with Gasteiger partial charge in [0.25, 0.3) is 0 Å². The summed E-state index contributed by atoms with van der Waals surface area (Å²) in [7, 11) is 0. The Balaban J connectivity index is 1.81. The molecule has 0 saturated heterocycles. The molecule has 108 valence electrons. The summed E-state index contributed by atoms with van der Waals surface area (Å²) in [5.74, 6) is 2.45. The second-order valence-corrected chi connectivity index (χ2v) is 4.76. The maximum absolute atomic E-state index is 5.95. The number of furan rings is 1. The molecule has 4 nitrogen and oxygen atoms in total. The van der Waals surface area contributed by atoms with Crippen LogP contribution in [0.3, 0.4) is 0 Å². The highest BCUT2D eigenvalue weighted by atomic mass is 16.5. The summed E-state index contributed by atoms with van der Waals surface area (Å²) >= 11 is 0. The van der Waals surface area contributed by atoms with Crippen molar-refractivity contribution >= 4 is 0 Å². The fraction of sp³-hybridized carbons (Fsp3) is 0.375. The first-order valence-electron chi connectivity index (χ1n) is 6.78. The molecule has 0 aliphatic carbocycles. The van der Waals surface area contributed by atoms with Gasteiger partial charge in [0, 0.05) is 6.04 Å². The Morgan fingerprint density at radius 1 is 1.10 bits per heavy atom. The van der Waals surface area contributed by atoms with E-state index in [9.17, 15) is 0 Å². The lowest BCUT2D eigenvalue weighted by molar-refractivity contribution is 0.00805. The number of rotatable bonds is 7. The number of hydrogen-bond donors (Lipinski definition) is 1. The summed E-state index contributed by atoms with van der Waals surface area (Å²) in [6, 6.07) is 13.3. The minimum atomic E-state index is -0.247. The molecule has 2 atom stereocenters. The SMILES string of the molecule is Cc1ccc(C(OCCOc2ccccc2)C(C)N)o1. The maximum atomic E-state index is 5.95. The van der Waals surface area contributed by atoms with Gasteiger partial charge in [0.1, 0.15) is 30.0 Å². The van der Waals surface area contributed by atoms with E-state index in [1.54, 1.807) is 0 Å². The van der Waals surface area contributed by atoms with Crippen LogP contribution < -0.4 is 10.5 Å². The summed E-state index contributed by atoms with van der Waals surface area (Å²) in [4.78, 5) is 0. The Morgan fingerprint density at radius 2 is 1.85 bits per heavy atom. The third-order valence-corrected chi connectivity index (χ3v) is 2.91. The van der Waals surface area contributed by atoms with Gasteiger partial charge in [-0.2, -0.15) is 0 Å². The predicted molar refractivity (Wildman–Crippen MR) is 77.7 cm³/mol. The Labute approximate surface area is 119 Å². The van der Waals surface area contributed by atoms with Crippen LogP contribution in [-0.4, -0.2) is 19.3 Å². The molecule has 0 aliphatic rings. The van der Waals surface area contributed by atoms with E-state index in [2.05, 4.69) is 0 Å². The van der Waals surface area contributed by atoms with Crippen molar-refractivity contribution in [2.75, 3.05) is 13.2 Å². The van der Waals surface area contributed by atoms with Crippen molar-refractivity contribution in [3.8, 4) is 5.75 Å². The Morgan fingerprint density at radius 3 is 2.45 bits per heavy atom. The number of para-hydroxylation sites is 1. The maximum Gasteiger partial charge on any atom is 0.134 e. The quantitative estimate of drug-likeness (QED) is 0.789.